The summed E-state index contributed by atoms with van der Waals surface area (Å²) in [6.07, 6.45) is 2.19. The maximum Gasteiger partial charge on any atom is 0.170 e. The van der Waals surface area contributed by atoms with Gasteiger partial charge in [-0.1, -0.05) is 30.3 Å². The molecule has 74 valence electrons. The second kappa shape index (κ2) is 3.33. The summed E-state index contributed by atoms with van der Waals surface area (Å²) >= 11 is 0. The molecule has 0 saturated carbocycles. The molecule has 1 aromatic rings. The zero-order chi connectivity index (χ0) is 10.1. The highest BCUT2D eigenvalue weighted by Crippen LogP contribution is 2.34. The van der Waals surface area contributed by atoms with E-state index in [0.717, 1.165) is 18.4 Å². The summed E-state index contributed by atoms with van der Waals surface area (Å²) in [6, 6.07) is 6.00. The topological polar surface area (TPSA) is 58.6 Å². The molecule has 0 bridgehead atoms. The molecule has 0 heterocycles. The zero-order valence-corrected chi connectivity index (χ0v) is 8.20. The van der Waals surface area contributed by atoms with E-state index in [1.54, 1.807) is 0 Å². The van der Waals surface area contributed by atoms with E-state index in [2.05, 4.69) is 18.1 Å². The van der Waals surface area contributed by atoms with Gasteiger partial charge in [0, 0.05) is 5.56 Å². The van der Waals surface area contributed by atoms with E-state index in [0.29, 0.717) is 5.92 Å². The number of fused-ring (bicyclic) bond motifs is 1. The number of nitrogens with two attached hydrogens (primary N) is 1. The van der Waals surface area contributed by atoms with Gasteiger partial charge in [-0.15, -0.1) is 0 Å². The van der Waals surface area contributed by atoms with E-state index in [4.69, 9.17) is 10.9 Å². The van der Waals surface area contributed by atoms with Crippen LogP contribution >= 0.6 is 0 Å². The Morgan fingerprint density at radius 2 is 2.36 bits per heavy atom. The van der Waals surface area contributed by atoms with E-state index < -0.39 is 0 Å². The van der Waals surface area contributed by atoms with Crippen LogP contribution in [-0.4, -0.2) is 11.0 Å². The average molecular weight is 190 g/mol. The first-order valence-electron chi connectivity index (χ1n) is 4.83. The normalized spacial score (nSPS) is 20.9. The highest BCUT2D eigenvalue weighted by molar-refractivity contribution is 5.98. The predicted molar refractivity (Wildman–Crippen MR) is 55.7 cm³/mol. The highest BCUT2D eigenvalue weighted by Gasteiger charge is 2.21. The lowest BCUT2D eigenvalue weighted by Crippen LogP contribution is -2.15. The first-order chi connectivity index (χ1) is 6.74. The van der Waals surface area contributed by atoms with Gasteiger partial charge in [0.1, 0.15) is 0 Å². The molecule has 0 amide bonds. The lowest BCUT2D eigenvalue weighted by Gasteiger charge is -2.07. The van der Waals surface area contributed by atoms with Crippen LogP contribution in [0.1, 0.15) is 36.0 Å². The van der Waals surface area contributed by atoms with Crippen molar-refractivity contribution in [3.63, 3.8) is 0 Å². The number of hydrogen-bond donors (Lipinski definition) is 2. The van der Waals surface area contributed by atoms with Crippen LogP contribution in [0.15, 0.2) is 23.4 Å². The van der Waals surface area contributed by atoms with Crippen LogP contribution in [0.3, 0.4) is 0 Å². The maximum atomic E-state index is 8.65. The Labute approximate surface area is 83.2 Å². The van der Waals surface area contributed by atoms with E-state index in [1.807, 2.05) is 12.1 Å². The Morgan fingerprint density at radius 3 is 3.07 bits per heavy atom. The van der Waals surface area contributed by atoms with Gasteiger partial charge < -0.3 is 10.9 Å². The fraction of sp³-hybridized carbons (Fsp3) is 0.364. The summed E-state index contributed by atoms with van der Waals surface area (Å²) < 4.78 is 0. The van der Waals surface area contributed by atoms with Crippen molar-refractivity contribution in [3.05, 3.63) is 34.9 Å². The summed E-state index contributed by atoms with van der Waals surface area (Å²) in [5.41, 5.74) is 9.08. The van der Waals surface area contributed by atoms with E-state index in [1.165, 1.54) is 11.1 Å². The number of nitrogens with zero attached hydrogens (tertiary/aromatic N) is 1. The molecule has 0 aromatic heterocycles. The molecule has 14 heavy (non-hydrogen) atoms. The minimum absolute atomic E-state index is 0.218. The zero-order valence-electron chi connectivity index (χ0n) is 8.20. The molecular weight excluding hydrogens is 176 g/mol. The molecule has 2 rings (SSSR count). The molecule has 0 unspecified atom stereocenters. The second-order valence-corrected chi connectivity index (χ2v) is 3.80. The van der Waals surface area contributed by atoms with Gasteiger partial charge in [-0.25, -0.2) is 0 Å². The number of hydrogen-bond acceptors (Lipinski definition) is 2. The number of rotatable bonds is 1. The second-order valence-electron chi connectivity index (χ2n) is 3.80. The predicted octanol–water partition coefficient (Wildman–Crippen LogP) is 1.83. The number of oxime groups is 1. The molecule has 0 radical (unpaired) electrons. The van der Waals surface area contributed by atoms with Crippen LogP contribution in [0, 0.1) is 0 Å². The molecule has 1 aromatic carbocycles. The molecular formula is C11H14N2O. The molecule has 3 N–H and O–H groups in total. The van der Waals surface area contributed by atoms with Crippen LogP contribution in [0.25, 0.3) is 0 Å². The Kier molecular flexibility index (Phi) is 2.15. The molecule has 0 fully saturated rings. The van der Waals surface area contributed by atoms with Gasteiger partial charge in [0.05, 0.1) is 0 Å². The first-order valence-corrected chi connectivity index (χ1v) is 4.83. The van der Waals surface area contributed by atoms with Gasteiger partial charge in [-0.2, -0.15) is 0 Å². The minimum atomic E-state index is 0.218. The SMILES string of the molecule is C[C@@H]1CCc2c(/C(N)=N\O)cccc21. The summed E-state index contributed by atoms with van der Waals surface area (Å²) in [6.45, 7) is 2.21. The lowest BCUT2D eigenvalue weighted by molar-refractivity contribution is 0.318. The quantitative estimate of drug-likeness (QED) is 0.307. The fourth-order valence-corrected chi connectivity index (χ4v) is 2.16. The lowest BCUT2D eigenvalue weighted by atomic mass is 9.99. The van der Waals surface area contributed by atoms with Crippen molar-refractivity contribution < 1.29 is 5.21 Å². The molecule has 1 aliphatic carbocycles. The maximum absolute atomic E-state index is 8.65. The van der Waals surface area contributed by atoms with E-state index in [9.17, 15) is 0 Å². The van der Waals surface area contributed by atoms with Crippen molar-refractivity contribution in [1.29, 1.82) is 0 Å². The molecule has 0 spiro atoms. The van der Waals surface area contributed by atoms with Crippen LogP contribution in [0.5, 0.6) is 0 Å². The van der Waals surface area contributed by atoms with Crippen LogP contribution < -0.4 is 5.73 Å². The Bertz CT molecular complexity index is 385. The number of benzene rings is 1. The molecule has 0 aliphatic heterocycles. The van der Waals surface area contributed by atoms with Crippen molar-refractivity contribution in [3.8, 4) is 0 Å². The highest BCUT2D eigenvalue weighted by atomic mass is 16.4. The third-order valence-corrected chi connectivity index (χ3v) is 2.95. The van der Waals surface area contributed by atoms with Crippen LogP contribution in [-0.2, 0) is 6.42 Å². The van der Waals surface area contributed by atoms with Crippen molar-refractivity contribution in [2.75, 3.05) is 0 Å². The van der Waals surface area contributed by atoms with Gasteiger partial charge >= 0.3 is 0 Å². The van der Waals surface area contributed by atoms with E-state index in [-0.39, 0.29) is 5.84 Å². The summed E-state index contributed by atoms with van der Waals surface area (Å²) in [4.78, 5) is 0. The Morgan fingerprint density at radius 1 is 1.57 bits per heavy atom. The summed E-state index contributed by atoms with van der Waals surface area (Å²) in [5, 5.41) is 11.7. The van der Waals surface area contributed by atoms with Crippen molar-refractivity contribution in [2.24, 2.45) is 10.9 Å². The standard InChI is InChI=1S/C11H14N2O/c1-7-5-6-9-8(7)3-2-4-10(9)11(12)13-14/h2-4,7,14H,5-6H2,1H3,(H2,12,13)/t7-/m1/s1. The van der Waals surface area contributed by atoms with Gasteiger partial charge in [-0.05, 0) is 29.9 Å². The van der Waals surface area contributed by atoms with Gasteiger partial charge in [0.15, 0.2) is 5.84 Å². The fourth-order valence-electron chi connectivity index (χ4n) is 2.16. The van der Waals surface area contributed by atoms with E-state index >= 15 is 0 Å². The molecule has 3 nitrogen and oxygen atoms in total. The summed E-state index contributed by atoms with van der Waals surface area (Å²) in [5.74, 6) is 0.812. The van der Waals surface area contributed by atoms with Crippen molar-refractivity contribution in [1.82, 2.24) is 0 Å². The van der Waals surface area contributed by atoms with Gasteiger partial charge in [0.2, 0.25) is 0 Å². The van der Waals surface area contributed by atoms with Gasteiger partial charge in [-0.3, -0.25) is 0 Å². The van der Waals surface area contributed by atoms with Crippen LogP contribution in [0.2, 0.25) is 0 Å². The van der Waals surface area contributed by atoms with Crippen LogP contribution in [0.4, 0.5) is 0 Å². The van der Waals surface area contributed by atoms with Gasteiger partial charge in [0.25, 0.3) is 0 Å². The Balaban J connectivity index is 2.54. The minimum Gasteiger partial charge on any atom is -0.409 e. The average Bonchev–Trinajstić information content (AvgIpc) is 2.59. The molecule has 1 aliphatic rings. The monoisotopic (exact) mass is 190 g/mol. The third kappa shape index (κ3) is 1.25. The smallest absolute Gasteiger partial charge is 0.170 e. The van der Waals surface area contributed by atoms with Crippen molar-refractivity contribution in [2.45, 2.75) is 25.7 Å². The third-order valence-electron chi connectivity index (χ3n) is 2.95. The first kappa shape index (κ1) is 9.06. The molecule has 0 saturated heterocycles. The molecule has 3 heteroatoms. The molecule has 1 atom stereocenters. The van der Waals surface area contributed by atoms with Crippen molar-refractivity contribution >= 4 is 5.84 Å². The Hall–Kier alpha value is -1.51. The summed E-state index contributed by atoms with van der Waals surface area (Å²) in [7, 11) is 0. The largest absolute Gasteiger partial charge is 0.409 e. The number of amidine groups is 1.